The third-order valence-electron chi connectivity index (χ3n) is 2.22. The van der Waals surface area contributed by atoms with E-state index in [-0.39, 0.29) is 6.61 Å². The normalized spacial score (nSPS) is 10.0. The monoisotopic (exact) mass is 218 g/mol. The Balaban J connectivity index is 2.57. The highest BCUT2D eigenvalue weighted by atomic mass is 16.3. The minimum Gasteiger partial charge on any atom is -0.395 e. The number of benzene rings is 1. The van der Waals surface area contributed by atoms with Crippen LogP contribution in [0.5, 0.6) is 0 Å². The van der Waals surface area contributed by atoms with E-state index in [2.05, 4.69) is 28.9 Å². The van der Waals surface area contributed by atoms with Crippen molar-refractivity contribution in [2.75, 3.05) is 26.7 Å². The van der Waals surface area contributed by atoms with Gasteiger partial charge in [-0.3, -0.25) is 4.90 Å². The molecule has 3 N–H and O–H groups in total. The minimum absolute atomic E-state index is 0.191. The van der Waals surface area contributed by atoms with Crippen molar-refractivity contribution in [3.8, 4) is 11.8 Å². The Bertz CT molecular complexity index is 362. The topological polar surface area (TPSA) is 49.5 Å². The van der Waals surface area contributed by atoms with Crippen molar-refractivity contribution >= 4 is 0 Å². The second-order valence-corrected chi connectivity index (χ2v) is 3.66. The SMILES string of the molecule is CN(CCO)Cc1ccc(C#CCN)cc1. The van der Waals surface area contributed by atoms with E-state index in [0.717, 1.165) is 12.1 Å². The second kappa shape index (κ2) is 7.02. The molecule has 1 rings (SSSR count). The first-order valence-electron chi connectivity index (χ1n) is 5.33. The van der Waals surface area contributed by atoms with Gasteiger partial charge in [-0.05, 0) is 24.7 Å². The van der Waals surface area contributed by atoms with Gasteiger partial charge in [0.05, 0.1) is 13.2 Å². The van der Waals surface area contributed by atoms with Crippen molar-refractivity contribution in [3.05, 3.63) is 35.4 Å². The van der Waals surface area contributed by atoms with Gasteiger partial charge in [0, 0.05) is 18.7 Å². The summed E-state index contributed by atoms with van der Waals surface area (Å²) < 4.78 is 0. The Labute approximate surface area is 96.9 Å². The first-order valence-corrected chi connectivity index (χ1v) is 5.33. The van der Waals surface area contributed by atoms with Crippen LogP contribution in [-0.2, 0) is 6.54 Å². The summed E-state index contributed by atoms with van der Waals surface area (Å²) in [5, 5.41) is 8.78. The van der Waals surface area contributed by atoms with Gasteiger partial charge in [-0.2, -0.15) is 0 Å². The third-order valence-corrected chi connectivity index (χ3v) is 2.22. The molecule has 0 bridgehead atoms. The Morgan fingerprint density at radius 1 is 1.31 bits per heavy atom. The van der Waals surface area contributed by atoms with Gasteiger partial charge in [0.2, 0.25) is 0 Å². The molecule has 0 aliphatic rings. The van der Waals surface area contributed by atoms with Gasteiger partial charge in [0.1, 0.15) is 0 Å². The summed E-state index contributed by atoms with van der Waals surface area (Å²) in [4.78, 5) is 2.07. The highest BCUT2D eigenvalue weighted by Gasteiger charge is 1.98. The quantitative estimate of drug-likeness (QED) is 0.720. The van der Waals surface area contributed by atoms with Crippen LogP contribution in [-0.4, -0.2) is 36.8 Å². The molecular formula is C13H18N2O. The molecule has 1 aromatic rings. The van der Waals surface area contributed by atoms with E-state index in [1.165, 1.54) is 5.56 Å². The Morgan fingerprint density at radius 2 is 2.00 bits per heavy atom. The lowest BCUT2D eigenvalue weighted by Crippen LogP contribution is -2.21. The molecule has 0 aliphatic heterocycles. The van der Waals surface area contributed by atoms with Gasteiger partial charge in [0.15, 0.2) is 0 Å². The molecule has 0 aromatic heterocycles. The molecule has 3 heteroatoms. The molecule has 1 aromatic carbocycles. The van der Waals surface area contributed by atoms with E-state index >= 15 is 0 Å². The van der Waals surface area contributed by atoms with Gasteiger partial charge >= 0.3 is 0 Å². The van der Waals surface area contributed by atoms with Crippen molar-refractivity contribution in [3.63, 3.8) is 0 Å². The number of aliphatic hydroxyl groups excluding tert-OH is 1. The molecule has 0 spiro atoms. The second-order valence-electron chi connectivity index (χ2n) is 3.66. The van der Waals surface area contributed by atoms with E-state index in [1.54, 1.807) is 0 Å². The number of hydrogen-bond donors (Lipinski definition) is 2. The Morgan fingerprint density at radius 3 is 2.56 bits per heavy atom. The molecule has 16 heavy (non-hydrogen) atoms. The summed E-state index contributed by atoms with van der Waals surface area (Å²) >= 11 is 0. The van der Waals surface area contributed by atoms with Crippen LogP contribution in [0.3, 0.4) is 0 Å². The predicted octanol–water partition coefficient (Wildman–Crippen LogP) is 0.421. The van der Waals surface area contributed by atoms with Gasteiger partial charge < -0.3 is 10.8 Å². The van der Waals surface area contributed by atoms with E-state index in [4.69, 9.17) is 10.8 Å². The molecule has 0 heterocycles. The van der Waals surface area contributed by atoms with Crippen molar-refractivity contribution in [1.29, 1.82) is 0 Å². The summed E-state index contributed by atoms with van der Waals surface area (Å²) in [5.74, 6) is 5.80. The molecule has 0 atom stereocenters. The number of hydrogen-bond acceptors (Lipinski definition) is 3. The van der Waals surface area contributed by atoms with E-state index in [1.807, 2.05) is 19.2 Å². The first kappa shape index (κ1) is 12.7. The Hall–Kier alpha value is -1.34. The van der Waals surface area contributed by atoms with Crippen LogP contribution in [0.4, 0.5) is 0 Å². The molecule has 0 radical (unpaired) electrons. The number of nitrogens with two attached hydrogens (primary N) is 1. The first-order chi connectivity index (χ1) is 7.76. The maximum absolute atomic E-state index is 8.78. The molecule has 0 saturated heterocycles. The molecule has 0 unspecified atom stereocenters. The standard InChI is InChI=1S/C13H18N2O/c1-15(9-10-16)11-13-6-4-12(5-7-13)3-2-8-14/h4-7,16H,8-11,14H2,1H3. The average molecular weight is 218 g/mol. The Kier molecular flexibility index (Phi) is 5.58. The van der Waals surface area contributed by atoms with E-state index in [9.17, 15) is 0 Å². The molecule has 3 nitrogen and oxygen atoms in total. The van der Waals surface area contributed by atoms with Crippen LogP contribution in [0.25, 0.3) is 0 Å². The van der Waals surface area contributed by atoms with Crippen molar-refractivity contribution in [2.45, 2.75) is 6.54 Å². The molecule has 0 aliphatic carbocycles. The van der Waals surface area contributed by atoms with Gasteiger partial charge in [-0.15, -0.1) is 0 Å². The summed E-state index contributed by atoms with van der Waals surface area (Å²) in [6.07, 6.45) is 0. The van der Waals surface area contributed by atoms with Crippen LogP contribution >= 0.6 is 0 Å². The summed E-state index contributed by atoms with van der Waals surface area (Å²) in [7, 11) is 1.98. The third kappa shape index (κ3) is 4.45. The summed E-state index contributed by atoms with van der Waals surface area (Å²) in [6, 6.07) is 8.08. The minimum atomic E-state index is 0.191. The van der Waals surface area contributed by atoms with Gasteiger partial charge in [-0.1, -0.05) is 24.0 Å². The molecular weight excluding hydrogens is 200 g/mol. The zero-order chi connectivity index (χ0) is 11.8. The molecule has 0 fully saturated rings. The van der Waals surface area contributed by atoms with Crippen molar-refractivity contribution < 1.29 is 5.11 Å². The average Bonchev–Trinajstić information content (AvgIpc) is 2.28. The fraction of sp³-hybridized carbons (Fsp3) is 0.385. The van der Waals surface area contributed by atoms with Gasteiger partial charge in [-0.25, -0.2) is 0 Å². The zero-order valence-electron chi connectivity index (χ0n) is 9.61. The maximum atomic E-state index is 8.78. The molecule has 0 saturated carbocycles. The van der Waals surface area contributed by atoms with Crippen LogP contribution < -0.4 is 5.73 Å². The van der Waals surface area contributed by atoms with Crippen LogP contribution in [0.2, 0.25) is 0 Å². The number of likely N-dealkylation sites (N-methyl/N-ethyl adjacent to an activating group) is 1. The fourth-order valence-electron chi connectivity index (χ4n) is 1.41. The zero-order valence-corrected chi connectivity index (χ0v) is 9.61. The van der Waals surface area contributed by atoms with Crippen molar-refractivity contribution in [2.24, 2.45) is 5.73 Å². The van der Waals surface area contributed by atoms with Gasteiger partial charge in [0.25, 0.3) is 0 Å². The van der Waals surface area contributed by atoms with Crippen LogP contribution in [0.15, 0.2) is 24.3 Å². The predicted molar refractivity (Wildman–Crippen MR) is 65.8 cm³/mol. The maximum Gasteiger partial charge on any atom is 0.0558 e. The number of nitrogens with zero attached hydrogens (tertiary/aromatic N) is 1. The highest BCUT2D eigenvalue weighted by Crippen LogP contribution is 2.05. The largest absolute Gasteiger partial charge is 0.395 e. The fourth-order valence-corrected chi connectivity index (χ4v) is 1.41. The van der Waals surface area contributed by atoms with Crippen LogP contribution in [0.1, 0.15) is 11.1 Å². The van der Waals surface area contributed by atoms with E-state index in [0.29, 0.717) is 13.1 Å². The van der Waals surface area contributed by atoms with Crippen molar-refractivity contribution in [1.82, 2.24) is 4.90 Å². The summed E-state index contributed by atoms with van der Waals surface area (Å²) in [5.41, 5.74) is 7.50. The lowest BCUT2D eigenvalue weighted by atomic mass is 10.1. The number of rotatable bonds is 4. The smallest absolute Gasteiger partial charge is 0.0558 e. The molecule has 0 amide bonds. The molecule has 86 valence electrons. The lowest BCUT2D eigenvalue weighted by Gasteiger charge is -2.14. The highest BCUT2D eigenvalue weighted by molar-refractivity contribution is 5.36. The number of aliphatic hydroxyl groups is 1. The van der Waals surface area contributed by atoms with Crippen LogP contribution in [0, 0.1) is 11.8 Å². The van der Waals surface area contributed by atoms with E-state index < -0.39 is 0 Å². The lowest BCUT2D eigenvalue weighted by molar-refractivity contribution is 0.217. The summed E-state index contributed by atoms with van der Waals surface area (Å²) in [6.45, 7) is 2.11.